The molecule has 0 atom stereocenters. The Balaban J connectivity index is 2.37. The van der Waals surface area contributed by atoms with Crippen molar-refractivity contribution >= 4 is 39.7 Å². The van der Waals surface area contributed by atoms with Crippen molar-refractivity contribution in [1.82, 2.24) is 0 Å². The average Bonchev–Trinajstić information content (AvgIpc) is 2.35. The van der Waals surface area contributed by atoms with E-state index in [2.05, 4.69) is 34.0 Å². The molecule has 2 aromatic rings. The first-order valence-corrected chi connectivity index (χ1v) is 6.10. The molecule has 3 N–H and O–H groups in total. The molecule has 0 saturated heterocycles. The smallest absolute Gasteiger partial charge is 0.0992 e. The van der Waals surface area contributed by atoms with Crippen LogP contribution in [0.1, 0.15) is 5.56 Å². The van der Waals surface area contributed by atoms with Crippen molar-refractivity contribution in [3.63, 3.8) is 0 Å². The number of nitrogen functional groups attached to an aromatic ring is 1. The Morgan fingerprint density at radius 2 is 1.88 bits per heavy atom. The van der Waals surface area contributed by atoms with Crippen LogP contribution in [0.25, 0.3) is 0 Å². The Morgan fingerprint density at radius 1 is 1.12 bits per heavy atom. The summed E-state index contributed by atoms with van der Waals surface area (Å²) in [4.78, 5) is 0. The number of hydrogen-bond donors (Lipinski definition) is 2. The fraction of sp³-hybridized carbons (Fsp3) is 0. The Labute approximate surface area is 113 Å². The molecule has 0 radical (unpaired) electrons. The lowest BCUT2D eigenvalue weighted by Gasteiger charge is -2.11. The van der Waals surface area contributed by atoms with Gasteiger partial charge in [-0.25, -0.2) is 0 Å². The van der Waals surface area contributed by atoms with Gasteiger partial charge in [0.2, 0.25) is 0 Å². The summed E-state index contributed by atoms with van der Waals surface area (Å²) in [5.41, 5.74) is 8.83. The molecular formula is C13H10IN3. The second kappa shape index (κ2) is 5.06. The van der Waals surface area contributed by atoms with Crippen molar-refractivity contribution in [3.8, 4) is 6.07 Å². The summed E-state index contributed by atoms with van der Waals surface area (Å²) in [6, 6.07) is 15.2. The molecule has 17 heavy (non-hydrogen) atoms. The molecule has 0 spiro atoms. The summed E-state index contributed by atoms with van der Waals surface area (Å²) in [5.74, 6) is 0. The molecule has 0 aliphatic rings. The van der Waals surface area contributed by atoms with E-state index in [9.17, 15) is 0 Å². The van der Waals surface area contributed by atoms with E-state index in [1.54, 1.807) is 18.2 Å². The Morgan fingerprint density at radius 3 is 2.59 bits per heavy atom. The highest BCUT2D eigenvalue weighted by Crippen LogP contribution is 2.26. The number of nitrogens with one attached hydrogen (secondary N) is 1. The highest BCUT2D eigenvalue weighted by atomic mass is 127. The van der Waals surface area contributed by atoms with Gasteiger partial charge in [0.1, 0.15) is 0 Å². The van der Waals surface area contributed by atoms with Crippen molar-refractivity contribution < 1.29 is 0 Å². The van der Waals surface area contributed by atoms with E-state index in [1.807, 2.05) is 24.3 Å². The highest BCUT2D eigenvalue weighted by molar-refractivity contribution is 14.1. The summed E-state index contributed by atoms with van der Waals surface area (Å²) in [6.45, 7) is 0. The van der Waals surface area contributed by atoms with Crippen LogP contribution in [0.5, 0.6) is 0 Å². The van der Waals surface area contributed by atoms with Crippen LogP contribution in [0.4, 0.5) is 17.1 Å². The molecule has 2 rings (SSSR count). The van der Waals surface area contributed by atoms with Crippen molar-refractivity contribution in [2.24, 2.45) is 0 Å². The number of nitriles is 1. The fourth-order valence-electron chi connectivity index (χ4n) is 1.44. The predicted molar refractivity (Wildman–Crippen MR) is 78.0 cm³/mol. The summed E-state index contributed by atoms with van der Waals surface area (Å²) >= 11 is 2.25. The zero-order valence-electron chi connectivity index (χ0n) is 8.94. The Bertz CT molecular complexity index is 587. The highest BCUT2D eigenvalue weighted by Gasteiger charge is 2.03. The van der Waals surface area contributed by atoms with Gasteiger partial charge in [0.15, 0.2) is 0 Å². The Hall–Kier alpha value is -1.74. The maximum absolute atomic E-state index is 8.85. The van der Waals surface area contributed by atoms with Crippen molar-refractivity contribution in [2.75, 3.05) is 11.1 Å². The van der Waals surface area contributed by atoms with Crippen LogP contribution in [0, 0.1) is 14.9 Å². The Kier molecular flexibility index (Phi) is 3.49. The molecule has 0 amide bonds. The molecule has 0 bridgehead atoms. The number of rotatable bonds is 2. The molecule has 84 valence electrons. The van der Waals surface area contributed by atoms with E-state index in [-0.39, 0.29) is 0 Å². The molecule has 4 heteroatoms. The fourth-order valence-corrected chi connectivity index (χ4v) is 1.96. The maximum atomic E-state index is 8.85. The zero-order valence-corrected chi connectivity index (χ0v) is 11.1. The SMILES string of the molecule is N#Cc1ccc(N)c(Nc2ccccc2I)c1. The normalized spacial score (nSPS) is 9.65. The van der Waals surface area contributed by atoms with Crippen LogP contribution in [0.3, 0.4) is 0 Å². The van der Waals surface area contributed by atoms with Gasteiger partial charge < -0.3 is 11.1 Å². The molecule has 0 unspecified atom stereocenters. The largest absolute Gasteiger partial charge is 0.397 e. The number of nitrogens with zero attached hydrogens (tertiary/aromatic N) is 1. The minimum Gasteiger partial charge on any atom is -0.397 e. The van der Waals surface area contributed by atoms with Gasteiger partial charge in [0.25, 0.3) is 0 Å². The summed E-state index contributed by atoms with van der Waals surface area (Å²) in [5, 5.41) is 12.1. The summed E-state index contributed by atoms with van der Waals surface area (Å²) < 4.78 is 1.10. The van der Waals surface area contributed by atoms with E-state index < -0.39 is 0 Å². The molecule has 2 aromatic carbocycles. The standard InChI is InChI=1S/C13H10IN3/c14-10-3-1-2-4-12(10)17-13-7-9(8-15)5-6-11(13)16/h1-7,17H,16H2. The molecule has 0 aliphatic heterocycles. The van der Waals surface area contributed by atoms with Gasteiger partial charge in [-0.15, -0.1) is 0 Å². The van der Waals surface area contributed by atoms with Gasteiger partial charge in [-0.2, -0.15) is 5.26 Å². The maximum Gasteiger partial charge on any atom is 0.0992 e. The number of benzene rings is 2. The van der Waals surface area contributed by atoms with Crippen molar-refractivity contribution in [3.05, 3.63) is 51.6 Å². The molecule has 0 heterocycles. The molecule has 0 saturated carbocycles. The van der Waals surface area contributed by atoms with Gasteiger partial charge in [-0.1, -0.05) is 12.1 Å². The first-order chi connectivity index (χ1) is 8.20. The zero-order chi connectivity index (χ0) is 12.3. The molecular weight excluding hydrogens is 325 g/mol. The number of halogens is 1. The average molecular weight is 335 g/mol. The van der Waals surface area contributed by atoms with Gasteiger partial charge in [-0.05, 0) is 52.9 Å². The van der Waals surface area contributed by atoms with Gasteiger partial charge >= 0.3 is 0 Å². The van der Waals surface area contributed by atoms with Crippen LogP contribution in [-0.4, -0.2) is 0 Å². The topological polar surface area (TPSA) is 61.8 Å². The third kappa shape index (κ3) is 2.68. The molecule has 0 fully saturated rings. The quantitative estimate of drug-likeness (QED) is 0.652. The van der Waals surface area contributed by atoms with Crippen molar-refractivity contribution in [1.29, 1.82) is 5.26 Å². The van der Waals surface area contributed by atoms with Gasteiger partial charge in [0, 0.05) is 3.57 Å². The third-order valence-corrected chi connectivity index (χ3v) is 3.27. The number of hydrogen-bond acceptors (Lipinski definition) is 3. The van der Waals surface area contributed by atoms with Gasteiger partial charge in [-0.3, -0.25) is 0 Å². The van der Waals surface area contributed by atoms with E-state index >= 15 is 0 Å². The summed E-state index contributed by atoms with van der Waals surface area (Å²) in [6.07, 6.45) is 0. The van der Waals surface area contributed by atoms with Crippen LogP contribution in [-0.2, 0) is 0 Å². The lowest BCUT2D eigenvalue weighted by atomic mass is 10.2. The lowest BCUT2D eigenvalue weighted by molar-refractivity contribution is 1.46. The van der Waals surface area contributed by atoms with Crippen LogP contribution in [0.15, 0.2) is 42.5 Å². The summed E-state index contributed by atoms with van der Waals surface area (Å²) in [7, 11) is 0. The minimum atomic E-state index is 0.590. The third-order valence-electron chi connectivity index (χ3n) is 2.33. The first kappa shape index (κ1) is 11.7. The minimum absolute atomic E-state index is 0.590. The van der Waals surface area contributed by atoms with Crippen LogP contribution < -0.4 is 11.1 Å². The molecule has 3 nitrogen and oxygen atoms in total. The van der Waals surface area contributed by atoms with Gasteiger partial charge in [0.05, 0.1) is 28.7 Å². The van der Waals surface area contributed by atoms with E-state index in [1.165, 1.54) is 0 Å². The van der Waals surface area contributed by atoms with Crippen LogP contribution in [0.2, 0.25) is 0 Å². The molecule has 0 aromatic heterocycles. The molecule has 0 aliphatic carbocycles. The second-order valence-corrected chi connectivity index (χ2v) is 4.68. The number of nitrogens with two attached hydrogens (primary N) is 1. The monoisotopic (exact) mass is 335 g/mol. The number of anilines is 3. The van der Waals surface area contributed by atoms with E-state index in [0.717, 1.165) is 14.9 Å². The van der Waals surface area contributed by atoms with E-state index in [4.69, 9.17) is 11.0 Å². The van der Waals surface area contributed by atoms with E-state index in [0.29, 0.717) is 11.3 Å². The van der Waals surface area contributed by atoms with Crippen LogP contribution >= 0.6 is 22.6 Å². The van der Waals surface area contributed by atoms with Crippen molar-refractivity contribution in [2.45, 2.75) is 0 Å². The predicted octanol–water partition coefficient (Wildman–Crippen LogP) is 3.49. The number of para-hydroxylation sites is 1. The lowest BCUT2D eigenvalue weighted by Crippen LogP contribution is -1.98. The first-order valence-electron chi connectivity index (χ1n) is 5.02. The second-order valence-electron chi connectivity index (χ2n) is 3.52.